The molecule has 1 amide bonds. The summed E-state index contributed by atoms with van der Waals surface area (Å²) in [6, 6.07) is 12.5. The molecule has 0 aliphatic rings. The number of benzene rings is 1. The number of carbonyl (C=O) groups excluding carboxylic acids is 1. The van der Waals surface area contributed by atoms with Crippen LogP contribution in [0.5, 0.6) is 0 Å². The molecule has 0 saturated carbocycles. The molecule has 0 spiro atoms. The van der Waals surface area contributed by atoms with Crippen molar-refractivity contribution >= 4 is 23.5 Å². The van der Waals surface area contributed by atoms with Gasteiger partial charge >= 0.3 is 0 Å². The molecule has 18 heavy (non-hydrogen) atoms. The summed E-state index contributed by atoms with van der Waals surface area (Å²) in [7, 11) is 0. The van der Waals surface area contributed by atoms with Gasteiger partial charge < -0.3 is 0 Å². The number of nitrogens with one attached hydrogen (secondary N) is 1. The summed E-state index contributed by atoms with van der Waals surface area (Å²) in [5, 5.41) is 14.3. The van der Waals surface area contributed by atoms with Gasteiger partial charge in [0.1, 0.15) is 0 Å². The van der Waals surface area contributed by atoms with Crippen LogP contribution in [0.4, 0.5) is 0 Å². The van der Waals surface area contributed by atoms with E-state index in [-0.39, 0.29) is 5.91 Å². The van der Waals surface area contributed by atoms with Crippen molar-refractivity contribution in [3.8, 4) is 6.07 Å². The highest BCUT2D eigenvalue weighted by molar-refractivity contribution is 7.12. The molecular formula is C13H9N3OS. The quantitative estimate of drug-likeness (QED) is 0.676. The Kier molecular flexibility index (Phi) is 3.84. The predicted octanol–water partition coefficient (Wildman–Crippen LogP) is 2.38. The second kappa shape index (κ2) is 5.75. The number of hydrogen-bond acceptors (Lipinski definition) is 4. The van der Waals surface area contributed by atoms with E-state index >= 15 is 0 Å². The number of nitrogens with zero attached hydrogens (tertiary/aromatic N) is 2. The van der Waals surface area contributed by atoms with Gasteiger partial charge in [-0.15, -0.1) is 11.3 Å². The molecule has 1 heterocycles. The van der Waals surface area contributed by atoms with Crippen molar-refractivity contribution in [1.82, 2.24) is 5.43 Å². The number of hydrazone groups is 1. The van der Waals surface area contributed by atoms with E-state index < -0.39 is 0 Å². The molecule has 0 atom stereocenters. The topological polar surface area (TPSA) is 65.2 Å². The van der Waals surface area contributed by atoms with E-state index in [9.17, 15) is 4.79 Å². The third-order valence-corrected chi connectivity index (χ3v) is 3.03. The van der Waals surface area contributed by atoms with Crippen molar-refractivity contribution in [3.63, 3.8) is 0 Å². The zero-order valence-corrected chi connectivity index (χ0v) is 10.1. The second-order valence-corrected chi connectivity index (χ2v) is 4.36. The summed E-state index contributed by atoms with van der Waals surface area (Å²) in [5.41, 5.74) is 3.85. The van der Waals surface area contributed by atoms with Crippen LogP contribution in [0.2, 0.25) is 0 Å². The van der Waals surface area contributed by atoms with Crippen molar-refractivity contribution in [1.29, 1.82) is 5.26 Å². The Bertz CT molecular complexity index is 594. The lowest BCUT2D eigenvalue weighted by Crippen LogP contribution is -2.16. The minimum absolute atomic E-state index is 0.227. The fourth-order valence-corrected chi connectivity index (χ4v) is 1.89. The molecular weight excluding hydrogens is 246 g/mol. The van der Waals surface area contributed by atoms with E-state index in [1.165, 1.54) is 17.6 Å². The summed E-state index contributed by atoms with van der Waals surface area (Å²) in [6.07, 6.45) is 1.53. The van der Waals surface area contributed by atoms with Gasteiger partial charge in [0.25, 0.3) is 5.91 Å². The van der Waals surface area contributed by atoms with Gasteiger partial charge in [-0.25, -0.2) is 5.43 Å². The van der Waals surface area contributed by atoms with Crippen LogP contribution in [0, 0.1) is 11.3 Å². The van der Waals surface area contributed by atoms with E-state index in [0.29, 0.717) is 10.4 Å². The van der Waals surface area contributed by atoms with Gasteiger partial charge in [0.15, 0.2) is 0 Å². The molecule has 0 bridgehead atoms. The number of rotatable bonds is 3. The lowest BCUT2D eigenvalue weighted by atomic mass is 10.2. The Morgan fingerprint density at radius 2 is 2.11 bits per heavy atom. The van der Waals surface area contributed by atoms with Crippen molar-refractivity contribution in [2.45, 2.75) is 0 Å². The van der Waals surface area contributed by atoms with Crippen LogP contribution in [-0.2, 0) is 0 Å². The Morgan fingerprint density at radius 3 is 2.72 bits per heavy atom. The molecule has 0 aliphatic heterocycles. The number of carbonyl (C=O) groups is 1. The van der Waals surface area contributed by atoms with Gasteiger partial charge in [-0.2, -0.15) is 10.4 Å². The van der Waals surface area contributed by atoms with Crippen LogP contribution in [0.15, 0.2) is 46.9 Å². The lowest BCUT2D eigenvalue weighted by molar-refractivity contribution is 0.0959. The zero-order valence-electron chi connectivity index (χ0n) is 9.33. The van der Waals surface area contributed by atoms with Crippen LogP contribution < -0.4 is 5.43 Å². The molecule has 5 heteroatoms. The molecule has 2 aromatic rings. The molecule has 4 nitrogen and oxygen atoms in total. The average molecular weight is 255 g/mol. The first-order chi connectivity index (χ1) is 8.79. The predicted molar refractivity (Wildman–Crippen MR) is 70.5 cm³/mol. The minimum atomic E-state index is -0.227. The van der Waals surface area contributed by atoms with Crippen LogP contribution >= 0.6 is 11.3 Å². The van der Waals surface area contributed by atoms with E-state index in [4.69, 9.17) is 5.26 Å². The number of amides is 1. The minimum Gasteiger partial charge on any atom is -0.266 e. The highest BCUT2D eigenvalue weighted by atomic mass is 32.1. The molecule has 0 saturated heterocycles. The largest absolute Gasteiger partial charge is 0.281 e. The summed E-state index contributed by atoms with van der Waals surface area (Å²) in [6.45, 7) is 0. The molecule has 0 radical (unpaired) electrons. The molecule has 1 aromatic heterocycles. The second-order valence-electron chi connectivity index (χ2n) is 3.41. The Hall–Kier alpha value is -2.45. The Balaban J connectivity index is 1.95. The highest BCUT2D eigenvalue weighted by Crippen LogP contribution is 2.07. The van der Waals surface area contributed by atoms with Crippen molar-refractivity contribution in [2.75, 3.05) is 0 Å². The first-order valence-electron chi connectivity index (χ1n) is 5.16. The first-order valence-corrected chi connectivity index (χ1v) is 6.04. The molecule has 1 aromatic carbocycles. The lowest BCUT2D eigenvalue weighted by Gasteiger charge is -1.96. The molecule has 2 rings (SSSR count). The highest BCUT2D eigenvalue weighted by Gasteiger charge is 2.03. The van der Waals surface area contributed by atoms with E-state index in [0.717, 1.165) is 5.56 Å². The van der Waals surface area contributed by atoms with Crippen LogP contribution in [-0.4, -0.2) is 12.1 Å². The van der Waals surface area contributed by atoms with Gasteiger partial charge in [-0.05, 0) is 29.1 Å². The van der Waals surface area contributed by atoms with Crippen molar-refractivity contribution in [3.05, 3.63) is 57.8 Å². The molecule has 0 unspecified atom stereocenters. The van der Waals surface area contributed by atoms with Crippen LogP contribution in [0.1, 0.15) is 20.8 Å². The van der Waals surface area contributed by atoms with Gasteiger partial charge in [-0.3, -0.25) is 4.79 Å². The third-order valence-electron chi connectivity index (χ3n) is 2.16. The fraction of sp³-hybridized carbons (Fsp3) is 0. The zero-order chi connectivity index (χ0) is 12.8. The molecule has 88 valence electrons. The maximum Gasteiger partial charge on any atom is 0.281 e. The molecule has 0 fully saturated rings. The smallest absolute Gasteiger partial charge is 0.266 e. The summed E-state index contributed by atoms with van der Waals surface area (Å²) in [4.78, 5) is 12.2. The molecule has 1 N–H and O–H groups in total. The van der Waals surface area contributed by atoms with Gasteiger partial charge in [0.2, 0.25) is 0 Å². The number of nitriles is 1. The van der Waals surface area contributed by atoms with E-state index in [1.54, 1.807) is 30.3 Å². The third kappa shape index (κ3) is 3.03. The average Bonchev–Trinajstić information content (AvgIpc) is 2.93. The number of thiophene rings is 1. The van der Waals surface area contributed by atoms with E-state index in [1.807, 2.05) is 17.5 Å². The SMILES string of the molecule is N#Cc1ccc(/C=N\NC(=O)c2cccs2)cc1. The van der Waals surface area contributed by atoms with Gasteiger partial charge in [-0.1, -0.05) is 18.2 Å². The molecule has 0 aliphatic carbocycles. The van der Waals surface area contributed by atoms with Crippen molar-refractivity contribution in [2.24, 2.45) is 5.10 Å². The standard InChI is InChI=1S/C13H9N3OS/c14-8-10-3-5-11(6-4-10)9-15-16-13(17)12-2-1-7-18-12/h1-7,9H,(H,16,17)/b15-9-. The Morgan fingerprint density at radius 1 is 1.33 bits per heavy atom. The normalized spacial score (nSPS) is 10.2. The first kappa shape index (κ1) is 12.0. The summed E-state index contributed by atoms with van der Waals surface area (Å²) < 4.78 is 0. The fourth-order valence-electron chi connectivity index (χ4n) is 1.27. The summed E-state index contributed by atoms with van der Waals surface area (Å²) >= 11 is 1.36. The van der Waals surface area contributed by atoms with Gasteiger partial charge in [0.05, 0.1) is 22.7 Å². The monoisotopic (exact) mass is 255 g/mol. The van der Waals surface area contributed by atoms with Crippen LogP contribution in [0.25, 0.3) is 0 Å². The van der Waals surface area contributed by atoms with E-state index in [2.05, 4.69) is 10.5 Å². The Labute approximate surface area is 108 Å². The van der Waals surface area contributed by atoms with Crippen LogP contribution in [0.3, 0.4) is 0 Å². The maximum atomic E-state index is 11.5. The summed E-state index contributed by atoms with van der Waals surface area (Å²) in [5.74, 6) is -0.227. The van der Waals surface area contributed by atoms with Crippen molar-refractivity contribution < 1.29 is 4.79 Å². The maximum absolute atomic E-state index is 11.5. The van der Waals surface area contributed by atoms with Gasteiger partial charge in [0, 0.05) is 0 Å². The number of hydrogen-bond donors (Lipinski definition) is 1.